The van der Waals surface area contributed by atoms with Gasteiger partial charge in [0.1, 0.15) is 17.3 Å². The van der Waals surface area contributed by atoms with Crippen LogP contribution in [0.1, 0.15) is 21.9 Å². The maximum atomic E-state index is 13.6. The van der Waals surface area contributed by atoms with E-state index in [0.717, 1.165) is 0 Å². The number of furan rings is 1. The van der Waals surface area contributed by atoms with Crippen LogP contribution in [0.2, 0.25) is 0 Å². The smallest absolute Gasteiger partial charge is 0.372 e. The number of halogens is 1. The van der Waals surface area contributed by atoms with E-state index in [1.54, 1.807) is 13.0 Å². The van der Waals surface area contributed by atoms with Crippen molar-refractivity contribution in [2.24, 2.45) is 0 Å². The van der Waals surface area contributed by atoms with E-state index in [9.17, 15) is 9.18 Å². The summed E-state index contributed by atoms with van der Waals surface area (Å²) in [5.41, 5.74) is 0.788. The molecule has 2 N–H and O–H groups in total. The minimum Gasteiger partial charge on any atom is -0.497 e. The van der Waals surface area contributed by atoms with Gasteiger partial charge in [-0.3, -0.25) is 0 Å². The fourth-order valence-corrected chi connectivity index (χ4v) is 1.80. The van der Waals surface area contributed by atoms with Gasteiger partial charge in [0.05, 0.1) is 19.3 Å². The second kappa shape index (κ2) is 5.64. The molecule has 0 fully saturated rings. The van der Waals surface area contributed by atoms with Gasteiger partial charge in [0.2, 0.25) is 5.76 Å². The van der Waals surface area contributed by atoms with E-state index in [2.05, 4.69) is 5.32 Å². The van der Waals surface area contributed by atoms with Crippen molar-refractivity contribution in [3.8, 4) is 5.75 Å². The monoisotopic (exact) mass is 279 g/mol. The zero-order valence-corrected chi connectivity index (χ0v) is 11.1. The molecule has 0 unspecified atom stereocenters. The van der Waals surface area contributed by atoms with Gasteiger partial charge in [-0.2, -0.15) is 0 Å². The number of methoxy groups -OCH3 is 1. The molecule has 0 spiro atoms. The number of ether oxygens (including phenoxy) is 1. The zero-order chi connectivity index (χ0) is 14.7. The number of carboxylic acid groups (broad SMARTS) is 1. The van der Waals surface area contributed by atoms with Crippen LogP contribution in [0.5, 0.6) is 5.75 Å². The second-order valence-corrected chi connectivity index (χ2v) is 4.23. The van der Waals surface area contributed by atoms with Gasteiger partial charge >= 0.3 is 5.97 Å². The molecule has 2 rings (SSSR count). The normalized spacial score (nSPS) is 10.3. The molecular formula is C14H14FNO4. The Morgan fingerprint density at radius 3 is 2.80 bits per heavy atom. The number of rotatable bonds is 5. The van der Waals surface area contributed by atoms with Gasteiger partial charge in [-0.25, -0.2) is 9.18 Å². The topological polar surface area (TPSA) is 71.7 Å². The lowest BCUT2D eigenvalue weighted by atomic mass is 10.2. The highest BCUT2D eigenvalue weighted by molar-refractivity contribution is 5.86. The van der Waals surface area contributed by atoms with Crippen molar-refractivity contribution in [1.29, 1.82) is 0 Å². The first-order valence-corrected chi connectivity index (χ1v) is 5.91. The van der Waals surface area contributed by atoms with Gasteiger partial charge in [0.25, 0.3) is 0 Å². The molecule has 0 radical (unpaired) electrons. The zero-order valence-electron chi connectivity index (χ0n) is 11.1. The molecule has 0 aliphatic carbocycles. The molecule has 0 bridgehead atoms. The molecule has 0 saturated carbocycles. The predicted molar refractivity (Wildman–Crippen MR) is 70.7 cm³/mol. The third kappa shape index (κ3) is 2.90. The third-order valence-electron chi connectivity index (χ3n) is 2.79. The number of benzene rings is 1. The molecule has 0 atom stereocenters. The lowest BCUT2D eigenvalue weighted by molar-refractivity contribution is 0.0659. The van der Waals surface area contributed by atoms with Gasteiger partial charge in [0, 0.05) is 11.6 Å². The Morgan fingerprint density at radius 1 is 1.45 bits per heavy atom. The Hall–Kier alpha value is -2.50. The van der Waals surface area contributed by atoms with Crippen molar-refractivity contribution < 1.29 is 23.4 Å². The Labute approximate surface area is 115 Å². The predicted octanol–water partition coefficient (Wildman–Crippen LogP) is 3.05. The summed E-state index contributed by atoms with van der Waals surface area (Å²) in [4.78, 5) is 10.9. The van der Waals surface area contributed by atoms with E-state index < -0.39 is 11.8 Å². The van der Waals surface area contributed by atoms with Crippen molar-refractivity contribution in [2.75, 3.05) is 12.4 Å². The van der Waals surface area contributed by atoms with Crippen molar-refractivity contribution in [3.63, 3.8) is 0 Å². The minimum absolute atomic E-state index is 0.104. The van der Waals surface area contributed by atoms with Gasteiger partial charge in [0.15, 0.2) is 0 Å². The first kappa shape index (κ1) is 13.9. The Balaban J connectivity index is 2.12. The molecule has 1 aromatic carbocycles. The highest BCUT2D eigenvalue weighted by Crippen LogP contribution is 2.22. The van der Waals surface area contributed by atoms with E-state index >= 15 is 0 Å². The van der Waals surface area contributed by atoms with Crippen LogP contribution < -0.4 is 10.1 Å². The molecule has 20 heavy (non-hydrogen) atoms. The molecule has 2 aromatic rings. The number of aryl methyl sites for hydroxylation is 1. The number of hydrogen-bond acceptors (Lipinski definition) is 4. The summed E-state index contributed by atoms with van der Waals surface area (Å²) in [5.74, 6) is -0.709. The van der Waals surface area contributed by atoms with Crippen molar-refractivity contribution in [3.05, 3.63) is 47.2 Å². The molecular weight excluding hydrogens is 265 g/mol. The maximum Gasteiger partial charge on any atom is 0.372 e. The van der Waals surface area contributed by atoms with Crippen LogP contribution in [0, 0.1) is 12.7 Å². The molecule has 0 aliphatic rings. The van der Waals surface area contributed by atoms with Crippen LogP contribution in [-0.4, -0.2) is 18.2 Å². The molecule has 106 valence electrons. The fraction of sp³-hybridized carbons (Fsp3) is 0.214. The summed E-state index contributed by atoms with van der Waals surface area (Å²) in [7, 11) is 1.49. The van der Waals surface area contributed by atoms with Gasteiger partial charge in [-0.05, 0) is 25.1 Å². The first-order chi connectivity index (χ1) is 9.51. The van der Waals surface area contributed by atoms with Gasteiger partial charge in [-0.1, -0.05) is 0 Å². The summed E-state index contributed by atoms with van der Waals surface area (Å²) >= 11 is 0. The van der Waals surface area contributed by atoms with Crippen LogP contribution in [0.4, 0.5) is 10.1 Å². The molecule has 5 nitrogen and oxygen atoms in total. The maximum absolute atomic E-state index is 13.6. The summed E-state index contributed by atoms with van der Waals surface area (Å²) < 4.78 is 23.8. The van der Waals surface area contributed by atoms with E-state index in [-0.39, 0.29) is 18.0 Å². The quantitative estimate of drug-likeness (QED) is 0.880. The van der Waals surface area contributed by atoms with E-state index in [1.807, 2.05) is 0 Å². The van der Waals surface area contributed by atoms with Crippen molar-refractivity contribution in [1.82, 2.24) is 0 Å². The number of nitrogens with one attached hydrogen (secondary N) is 1. The summed E-state index contributed by atoms with van der Waals surface area (Å²) in [6, 6.07) is 5.93. The Kier molecular flexibility index (Phi) is 3.93. The molecule has 1 heterocycles. The lowest BCUT2D eigenvalue weighted by Gasteiger charge is -2.07. The Morgan fingerprint density at radius 2 is 2.20 bits per heavy atom. The van der Waals surface area contributed by atoms with Crippen molar-refractivity contribution >= 4 is 11.7 Å². The number of carbonyl (C=O) groups is 1. The van der Waals surface area contributed by atoms with E-state index in [1.165, 1.54) is 25.3 Å². The number of aromatic carboxylic acids is 1. The molecule has 0 saturated heterocycles. The second-order valence-electron chi connectivity index (χ2n) is 4.23. The first-order valence-electron chi connectivity index (χ1n) is 5.91. The van der Waals surface area contributed by atoms with Crippen LogP contribution in [0.15, 0.2) is 28.7 Å². The largest absolute Gasteiger partial charge is 0.497 e. The number of anilines is 1. The van der Waals surface area contributed by atoms with E-state index in [0.29, 0.717) is 17.1 Å². The highest BCUT2D eigenvalue weighted by atomic mass is 19.1. The summed E-state index contributed by atoms with van der Waals surface area (Å²) in [5, 5.41) is 11.7. The third-order valence-corrected chi connectivity index (χ3v) is 2.79. The molecule has 0 amide bonds. The van der Waals surface area contributed by atoms with Crippen LogP contribution in [0.3, 0.4) is 0 Å². The molecule has 0 aliphatic heterocycles. The average Bonchev–Trinajstić information content (AvgIpc) is 2.79. The molecule has 6 heteroatoms. The Bertz CT molecular complexity index is 636. The number of hydrogen-bond donors (Lipinski definition) is 2. The van der Waals surface area contributed by atoms with E-state index in [4.69, 9.17) is 14.3 Å². The van der Waals surface area contributed by atoms with Gasteiger partial charge in [-0.15, -0.1) is 0 Å². The fourth-order valence-electron chi connectivity index (χ4n) is 1.80. The van der Waals surface area contributed by atoms with Crippen LogP contribution in [0.25, 0.3) is 0 Å². The van der Waals surface area contributed by atoms with Crippen molar-refractivity contribution in [2.45, 2.75) is 13.5 Å². The minimum atomic E-state index is -1.12. The lowest BCUT2D eigenvalue weighted by Crippen LogP contribution is -2.01. The average molecular weight is 279 g/mol. The SMILES string of the molecule is COc1ccc(F)c(NCc2cc(C)c(C(=O)O)o2)c1. The molecule has 1 aromatic heterocycles. The van der Waals surface area contributed by atoms with Crippen LogP contribution >= 0.6 is 0 Å². The van der Waals surface area contributed by atoms with Crippen LogP contribution in [-0.2, 0) is 6.54 Å². The van der Waals surface area contributed by atoms with Gasteiger partial charge < -0.3 is 19.6 Å². The summed E-state index contributed by atoms with van der Waals surface area (Å²) in [6.45, 7) is 1.82. The summed E-state index contributed by atoms with van der Waals surface area (Å²) in [6.07, 6.45) is 0. The number of carboxylic acids is 1. The highest BCUT2D eigenvalue weighted by Gasteiger charge is 2.14. The standard InChI is InChI=1S/C14H14FNO4/c1-8-5-10(20-13(8)14(17)18)7-16-12-6-9(19-2)3-4-11(12)15/h3-6,16H,7H2,1-2H3,(H,17,18).